The van der Waals surface area contributed by atoms with Crippen LogP contribution in [0.4, 0.5) is 4.79 Å². The second kappa shape index (κ2) is 7.52. The van der Waals surface area contributed by atoms with Gasteiger partial charge in [0, 0.05) is 11.6 Å². The maximum atomic E-state index is 12.0. The third-order valence-corrected chi connectivity index (χ3v) is 3.79. The second-order valence-electron chi connectivity index (χ2n) is 5.24. The third kappa shape index (κ3) is 4.51. The summed E-state index contributed by atoms with van der Waals surface area (Å²) in [6, 6.07) is 6.91. The minimum absolute atomic E-state index is 0.0181. The predicted octanol–water partition coefficient (Wildman–Crippen LogP) is 2.27. The van der Waals surface area contributed by atoms with Crippen LogP contribution in [0.15, 0.2) is 24.3 Å². The first-order valence-corrected chi connectivity index (χ1v) is 7.55. The van der Waals surface area contributed by atoms with Crippen molar-refractivity contribution in [2.45, 2.75) is 31.9 Å². The van der Waals surface area contributed by atoms with Crippen LogP contribution in [0.25, 0.3) is 0 Å². The van der Waals surface area contributed by atoms with Gasteiger partial charge in [-0.05, 0) is 44.0 Å². The molecule has 0 aliphatic carbocycles. The van der Waals surface area contributed by atoms with Gasteiger partial charge in [0.05, 0.1) is 19.2 Å². The lowest BCUT2D eigenvalue weighted by Gasteiger charge is -2.24. The summed E-state index contributed by atoms with van der Waals surface area (Å²) in [4.78, 5) is 13.7. The van der Waals surface area contributed by atoms with Crippen molar-refractivity contribution in [3.63, 3.8) is 0 Å². The van der Waals surface area contributed by atoms with Crippen LogP contribution in [0, 0.1) is 0 Å². The van der Waals surface area contributed by atoms with Gasteiger partial charge in [-0.15, -0.1) is 0 Å². The van der Waals surface area contributed by atoms with Crippen LogP contribution in [0.2, 0.25) is 5.02 Å². The van der Waals surface area contributed by atoms with E-state index in [0.717, 1.165) is 18.6 Å². The molecule has 116 valence electrons. The molecule has 1 aliphatic rings. The molecule has 2 atom stereocenters. The van der Waals surface area contributed by atoms with E-state index < -0.39 is 0 Å². The molecule has 1 unspecified atom stereocenters. The topological polar surface area (TPSA) is 61.8 Å². The van der Waals surface area contributed by atoms with E-state index in [1.165, 1.54) is 0 Å². The molecule has 1 heterocycles. The number of likely N-dealkylation sites (tertiary alicyclic amines) is 1. The van der Waals surface area contributed by atoms with E-state index in [0.29, 0.717) is 18.1 Å². The molecule has 2 rings (SSSR count). The fourth-order valence-electron chi connectivity index (χ4n) is 2.41. The van der Waals surface area contributed by atoms with E-state index in [-0.39, 0.29) is 24.8 Å². The Balaban J connectivity index is 1.77. The van der Waals surface area contributed by atoms with Gasteiger partial charge < -0.3 is 20.1 Å². The van der Waals surface area contributed by atoms with E-state index in [2.05, 4.69) is 5.32 Å². The van der Waals surface area contributed by atoms with Gasteiger partial charge in [0.1, 0.15) is 11.9 Å². The maximum absolute atomic E-state index is 12.0. The highest BCUT2D eigenvalue weighted by molar-refractivity contribution is 6.30. The number of hydrogen-bond donors (Lipinski definition) is 2. The van der Waals surface area contributed by atoms with Crippen molar-refractivity contribution in [2.24, 2.45) is 0 Å². The highest BCUT2D eigenvalue weighted by Crippen LogP contribution is 2.18. The first-order chi connectivity index (χ1) is 10.1. The summed E-state index contributed by atoms with van der Waals surface area (Å²) in [6.07, 6.45) is 1.65. The predicted molar refractivity (Wildman–Crippen MR) is 81.8 cm³/mol. The zero-order chi connectivity index (χ0) is 15.2. The summed E-state index contributed by atoms with van der Waals surface area (Å²) in [5, 5.41) is 12.7. The number of halogens is 1. The SMILES string of the molecule is CC(CNC(=O)N1CCC[C@H]1CO)Oc1ccc(Cl)cc1. The molecule has 6 heteroatoms. The highest BCUT2D eigenvalue weighted by Gasteiger charge is 2.27. The first kappa shape index (κ1) is 15.9. The molecule has 1 fully saturated rings. The van der Waals surface area contributed by atoms with E-state index in [9.17, 15) is 9.90 Å². The number of rotatable bonds is 5. The van der Waals surface area contributed by atoms with Crippen molar-refractivity contribution in [3.05, 3.63) is 29.3 Å². The Hall–Kier alpha value is -1.46. The summed E-state index contributed by atoms with van der Waals surface area (Å²) in [5.74, 6) is 0.718. The number of amides is 2. The van der Waals surface area contributed by atoms with Gasteiger partial charge in [-0.1, -0.05) is 11.6 Å². The summed E-state index contributed by atoms with van der Waals surface area (Å²) in [5.41, 5.74) is 0. The Bertz CT molecular complexity index is 466. The lowest BCUT2D eigenvalue weighted by Crippen LogP contribution is -2.46. The van der Waals surface area contributed by atoms with Crippen molar-refractivity contribution < 1.29 is 14.6 Å². The molecular formula is C15H21ClN2O3. The average Bonchev–Trinajstić information content (AvgIpc) is 2.96. The molecule has 0 bridgehead atoms. The van der Waals surface area contributed by atoms with Crippen molar-refractivity contribution in [1.82, 2.24) is 10.2 Å². The third-order valence-electron chi connectivity index (χ3n) is 3.54. The zero-order valence-corrected chi connectivity index (χ0v) is 12.8. The van der Waals surface area contributed by atoms with Crippen LogP contribution >= 0.6 is 11.6 Å². The van der Waals surface area contributed by atoms with E-state index in [1.54, 1.807) is 29.2 Å². The molecule has 2 amide bonds. The minimum Gasteiger partial charge on any atom is -0.489 e. The average molecular weight is 313 g/mol. The van der Waals surface area contributed by atoms with Gasteiger partial charge in [-0.2, -0.15) is 0 Å². The quantitative estimate of drug-likeness (QED) is 0.877. The number of benzene rings is 1. The summed E-state index contributed by atoms with van der Waals surface area (Å²) in [7, 11) is 0. The van der Waals surface area contributed by atoms with E-state index >= 15 is 0 Å². The summed E-state index contributed by atoms with van der Waals surface area (Å²) in [6.45, 7) is 3.02. The Morgan fingerprint density at radius 3 is 2.90 bits per heavy atom. The van der Waals surface area contributed by atoms with Gasteiger partial charge >= 0.3 is 6.03 Å². The molecule has 1 aromatic rings. The number of carbonyl (C=O) groups is 1. The monoisotopic (exact) mass is 312 g/mol. The number of nitrogens with zero attached hydrogens (tertiary/aromatic N) is 1. The second-order valence-corrected chi connectivity index (χ2v) is 5.68. The number of nitrogens with one attached hydrogen (secondary N) is 1. The van der Waals surface area contributed by atoms with Crippen LogP contribution in [-0.2, 0) is 0 Å². The van der Waals surface area contributed by atoms with Crippen LogP contribution in [0.1, 0.15) is 19.8 Å². The van der Waals surface area contributed by atoms with Crippen LogP contribution in [0.3, 0.4) is 0 Å². The Labute approximate surface area is 129 Å². The summed E-state index contributed by atoms with van der Waals surface area (Å²) < 4.78 is 5.69. The van der Waals surface area contributed by atoms with Gasteiger partial charge in [0.15, 0.2) is 0 Å². The largest absolute Gasteiger partial charge is 0.489 e. The minimum atomic E-state index is -0.148. The smallest absolute Gasteiger partial charge is 0.317 e. The number of urea groups is 1. The number of aliphatic hydroxyl groups excluding tert-OH is 1. The maximum Gasteiger partial charge on any atom is 0.317 e. The molecule has 1 aliphatic heterocycles. The molecule has 0 saturated carbocycles. The van der Waals surface area contributed by atoms with Gasteiger partial charge in [0.2, 0.25) is 0 Å². The Kier molecular flexibility index (Phi) is 5.70. The van der Waals surface area contributed by atoms with Crippen molar-refractivity contribution in [3.8, 4) is 5.75 Å². The summed E-state index contributed by atoms with van der Waals surface area (Å²) >= 11 is 5.81. The molecule has 0 radical (unpaired) electrons. The normalized spacial score (nSPS) is 19.4. The van der Waals surface area contributed by atoms with Gasteiger partial charge in [0.25, 0.3) is 0 Å². The molecule has 1 aromatic carbocycles. The van der Waals surface area contributed by atoms with Crippen LogP contribution in [0.5, 0.6) is 5.75 Å². The van der Waals surface area contributed by atoms with Gasteiger partial charge in [-0.3, -0.25) is 0 Å². The van der Waals surface area contributed by atoms with Crippen LogP contribution < -0.4 is 10.1 Å². The Morgan fingerprint density at radius 1 is 1.52 bits per heavy atom. The zero-order valence-electron chi connectivity index (χ0n) is 12.1. The Morgan fingerprint density at radius 2 is 2.24 bits per heavy atom. The highest BCUT2D eigenvalue weighted by atomic mass is 35.5. The molecule has 5 nitrogen and oxygen atoms in total. The number of ether oxygens (including phenoxy) is 1. The lowest BCUT2D eigenvalue weighted by molar-refractivity contribution is 0.151. The van der Waals surface area contributed by atoms with Gasteiger partial charge in [-0.25, -0.2) is 4.79 Å². The van der Waals surface area contributed by atoms with Crippen LogP contribution in [-0.4, -0.2) is 47.9 Å². The number of carbonyl (C=O) groups excluding carboxylic acids is 1. The fraction of sp³-hybridized carbons (Fsp3) is 0.533. The first-order valence-electron chi connectivity index (χ1n) is 7.17. The van der Waals surface area contributed by atoms with E-state index in [1.807, 2.05) is 6.92 Å². The molecule has 0 aromatic heterocycles. The molecule has 0 spiro atoms. The van der Waals surface area contributed by atoms with Crippen molar-refractivity contribution >= 4 is 17.6 Å². The standard InChI is InChI=1S/C15H21ClN2O3/c1-11(21-14-6-4-12(16)5-7-14)9-17-15(20)18-8-2-3-13(18)10-19/h4-7,11,13,19H,2-3,8-10H2,1H3,(H,17,20)/t11?,13-/m0/s1. The molecular weight excluding hydrogens is 292 g/mol. The van der Waals surface area contributed by atoms with E-state index in [4.69, 9.17) is 16.3 Å². The fourth-order valence-corrected chi connectivity index (χ4v) is 2.54. The van der Waals surface area contributed by atoms with Crippen molar-refractivity contribution in [2.75, 3.05) is 19.7 Å². The lowest BCUT2D eigenvalue weighted by atomic mass is 10.2. The van der Waals surface area contributed by atoms with Crippen molar-refractivity contribution in [1.29, 1.82) is 0 Å². The molecule has 1 saturated heterocycles. The molecule has 21 heavy (non-hydrogen) atoms. The number of aliphatic hydroxyl groups is 1. The molecule has 2 N–H and O–H groups in total. The number of hydrogen-bond acceptors (Lipinski definition) is 3.